The summed E-state index contributed by atoms with van der Waals surface area (Å²) in [5, 5.41) is 0.523. The molecule has 1 atom stereocenters. The molecule has 0 spiro atoms. The number of aryl methyl sites for hydroxylation is 1. The van der Waals surface area contributed by atoms with E-state index >= 15 is 0 Å². The van der Waals surface area contributed by atoms with Crippen LogP contribution in [0, 0.1) is 12.3 Å². The Morgan fingerprint density at radius 3 is 2.43 bits per heavy atom. The highest BCUT2D eigenvalue weighted by molar-refractivity contribution is 6.30. The van der Waals surface area contributed by atoms with Gasteiger partial charge in [-0.3, -0.25) is 0 Å². The van der Waals surface area contributed by atoms with Crippen LogP contribution < -0.4 is 4.74 Å². The van der Waals surface area contributed by atoms with Gasteiger partial charge in [0.1, 0.15) is 17.0 Å². The van der Waals surface area contributed by atoms with E-state index in [9.17, 15) is 0 Å². The molecule has 21 heavy (non-hydrogen) atoms. The number of hydrogen-bond acceptors (Lipinski definition) is 2. The third-order valence-electron chi connectivity index (χ3n) is 3.24. The molecular formula is C18H22ClNO. The van der Waals surface area contributed by atoms with Crippen LogP contribution in [0.1, 0.15) is 44.4 Å². The summed E-state index contributed by atoms with van der Waals surface area (Å²) in [5.41, 5.74) is 2.28. The second kappa shape index (κ2) is 6.48. The summed E-state index contributed by atoms with van der Waals surface area (Å²) in [7, 11) is 0. The van der Waals surface area contributed by atoms with E-state index in [-0.39, 0.29) is 11.5 Å². The maximum atomic E-state index is 6.19. The van der Waals surface area contributed by atoms with Crippen molar-refractivity contribution >= 4 is 11.6 Å². The lowest BCUT2D eigenvalue weighted by atomic mass is 9.87. The number of hydrogen-bond donors (Lipinski definition) is 0. The first kappa shape index (κ1) is 15.8. The molecule has 0 saturated heterocycles. The summed E-state index contributed by atoms with van der Waals surface area (Å²) in [6, 6.07) is 12.2. The number of halogens is 1. The van der Waals surface area contributed by atoms with Crippen LogP contribution in [-0.4, -0.2) is 4.98 Å². The van der Waals surface area contributed by atoms with E-state index < -0.39 is 0 Å². The molecule has 1 aromatic heterocycles. The smallest absolute Gasteiger partial charge is 0.138 e. The lowest BCUT2D eigenvalue weighted by Gasteiger charge is -2.27. The highest BCUT2D eigenvalue weighted by atomic mass is 35.5. The average Bonchev–Trinajstić information content (AvgIpc) is 2.42. The molecule has 0 N–H and O–H groups in total. The van der Waals surface area contributed by atoms with Crippen LogP contribution in [0.5, 0.6) is 5.75 Å². The normalized spacial score (nSPS) is 13.0. The molecule has 3 heteroatoms. The largest absolute Gasteiger partial charge is 0.484 e. The van der Waals surface area contributed by atoms with Gasteiger partial charge < -0.3 is 4.74 Å². The molecule has 0 fully saturated rings. The van der Waals surface area contributed by atoms with Crippen LogP contribution in [0.4, 0.5) is 0 Å². The topological polar surface area (TPSA) is 22.1 Å². The zero-order valence-electron chi connectivity index (χ0n) is 13.1. The minimum atomic E-state index is 0.00794. The highest BCUT2D eigenvalue weighted by Gasteiger charge is 2.22. The van der Waals surface area contributed by atoms with Crippen molar-refractivity contribution in [2.24, 2.45) is 5.41 Å². The van der Waals surface area contributed by atoms with Gasteiger partial charge in [-0.1, -0.05) is 62.7 Å². The van der Waals surface area contributed by atoms with E-state index in [1.807, 2.05) is 31.2 Å². The molecule has 0 aliphatic rings. The van der Waals surface area contributed by atoms with Gasteiger partial charge in [0.15, 0.2) is 0 Å². The molecule has 2 aromatic rings. The lowest BCUT2D eigenvalue weighted by Crippen LogP contribution is -2.17. The van der Waals surface area contributed by atoms with Crippen molar-refractivity contribution in [3.63, 3.8) is 0 Å². The van der Waals surface area contributed by atoms with Crippen LogP contribution in [-0.2, 0) is 0 Å². The summed E-state index contributed by atoms with van der Waals surface area (Å²) in [5.74, 6) is 0.759. The summed E-state index contributed by atoms with van der Waals surface area (Å²) in [6.07, 6.45) is 2.63. The zero-order chi connectivity index (χ0) is 15.5. The summed E-state index contributed by atoms with van der Waals surface area (Å²) >= 11 is 5.97. The Hall–Kier alpha value is -1.54. The van der Waals surface area contributed by atoms with Crippen LogP contribution in [0.15, 0.2) is 42.6 Å². The molecule has 0 saturated carbocycles. The first-order chi connectivity index (χ1) is 9.85. The van der Waals surface area contributed by atoms with Crippen molar-refractivity contribution in [1.82, 2.24) is 4.98 Å². The quantitative estimate of drug-likeness (QED) is 0.686. The molecule has 2 rings (SSSR count). The monoisotopic (exact) mass is 303 g/mol. The molecule has 0 bridgehead atoms. The molecular weight excluding hydrogens is 282 g/mol. The minimum absolute atomic E-state index is 0.00794. The van der Waals surface area contributed by atoms with Gasteiger partial charge in [0, 0.05) is 0 Å². The predicted molar refractivity (Wildman–Crippen MR) is 87.9 cm³/mol. The van der Waals surface area contributed by atoms with Crippen molar-refractivity contribution in [2.75, 3.05) is 0 Å². The second-order valence-electron chi connectivity index (χ2n) is 6.56. The fourth-order valence-electron chi connectivity index (χ4n) is 2.21. The standard InChI is InChI=1S/C18H22ClNO/c1-13-10-15(12-20-17(13)19)21-16(11-18(2,3)4)14-8-6-5-7-9-14/h5-10,12,16H,11H2,1-4H3. The molecule has 0 aliphatic carbocycles. The van der Waals surface area contributed by atoms with Crippen molar-refractivity contribution < 1.29 is 4.74 Å². The Morgan fingerprint density at radius 1 is 1.19 bits per heavy atom. The maximum absolute atomic E-state index is 6.19. The third kappa shape index (κ3) is 4.75. The van der Waals surface area contributed by atoms with E-state index in [1.54, 1.807) is 6.20 Å². The molecule has 1 heterocycles. The summed E-state index contributed by atoms with van der Waals surface area (Å²) < 4.78 is 6.19. The fraction of sp³-hybridized carbons (Fsp3) is 0.389. The van der Waals surface area contributed by atoms with Gasteiger partial charge in [0.2, 0.25) is 0 Å². The number of pyridine rings is 1. The first-order valence-corrected chi connectivity index (χ1v) is 7.57. The van der Waals surface area contributed by atoms with Crippen LogP contribution >= 0.6 is 11.6 Å². The van der Waals surface area contributed by atoms with Gasteiger partial charge in [-0.05, 0) is 36.0 Å². The molecule has 1 aromatic carbocycles. The highest BCUT2D eigenvalue weighted by Crippen LogP contribution is 2.33. The summed E-state index contributed by atoms with van der Waals surface area (Å²) in [6.45, 7) is 8.59. The van der Waals surface area contributed by atoms with Gasteiger partial charge in [-0.15, -0.1) is 0 Å². The Morgan fingerprint density at radius 2 is 1.86 bits per heavy atom. The molecule has 2 nitrogen and oxygen atoms in total. The third-order valence-corrected chi connectivity index (χ3v) is 3.63. The van der Waals surface area contributed by atoms with Gasteiger partial charge >= 0.3 is 0 Å². The van der Waals surface area contributed by atoms with E-state index in [4.69, 9.17) is 16.3 Å². The Bertz CT molecular complexity index is 590. The number of rotatable bonds is 4. The van der Waals surface area contributed by atoms with Gasteiger partial charge in [-0.25, -0.2) is 4.98 Å². The van der Waals surface area contributed by atoms with E-state index in [0.717, 1.165) is 17.7 Å². The van der Waals surface area contributed by atoms with Crippen molar-refractivity contribution in [2.45, 2.75) is 40.2 Å². The average molecular weight is 304 g/mol. The van der Waals surface area contributed by atoms with Crippen LogP contribution in [0.3, 0.4) is 0 Å². The molecule has 0 radical (unpaired) electrons. The summed E-state index contributed by atoms with van der Waals surface area (Å²) in [4.78, 5) is 4.16. The molecule has 1 unspecified atom stereocenters. The van der Waals surface area contributed by atoms with Gasteiger partial charge in [0.25, 0.3) is 0 Å². The van der Waals surface area contributed by atoms with E-state index in [1.165, 1.54) is 5.56 Å². The molecule has 0 amide bonds. The zero-order valence-corrected chi connectivity index (χ0v) is 13.8. The number of aromatic nitrogens is 1. The van der Waals surface area contributed by atoms with E-state index in [0.29, 0.717) is 5.15 Å². The van der Waals surface area contributed by atoms with Crippen molar-refractivity contribution in [3.05, 3.63) is 58.9 Å². The Balaban J connectivity index is 2.25. The SMILES string of the molecule is Cc1cc(OC(CC(C)(C)C)c2ccccc2)cnc1Cl. The first-order valence-electron chi connectivity index (χ1n) is 7.19. The number of ether oxygens (including phenoxy) is 1. The molecule has 0 aliphatic heterocycles. The second-order valence-corrected chi connectivity index (χ2v) is 6.92. The Labute approximate surface area is 132 Å². The van der Waals surface area contributed by atoms with Crippen LogP contribution in [0.25, 0.3) is 0 Å². The number of benzene rings is 1. The predicted octanol–water partition coefficient (Wildman–Crippen LogP) is 5.60. The fourth-order valence-corrected chi connectivity index (χ4v) is 2.32. The molecule has 112 valence electrons. The van der Waals surface area contributed by atoms with E-state index in [2.05, 4.69) is 37.9 Å². The lowest BCUT2D eigenvalue weighted by molar-refractivity contribution is 0.145. The van der Waals surface area contributed by atoms with Crippen molar-refractivity contribution in [1.29, 1.82) is 0 Å². The minimum Gasteiger partial charge on any atom is -0.484 e. The van der Waals surface area contributed by atoms with Gasteiger partial charge in [-0.2, -0.15) is 0 Å². The number of nitrogens with zero attached hydrogens (tertiary/aromatic N) is 1. The van der Waals surface area contributed by atoms with Crippen molar-refractivity contribution in [3.8, 4) is 5.75 Å². The maximum Gasteiger partial charge on any atom is 0.138 e. The Kier molecular flexibility index (Phi) is 4.89. The van der Waals surface area contributed by atoms with Crippen LogP contribution in [0.2, 0.25) is 5.15 Å². The van der Waals surface area contributed by atoms with Gasteiger partial charge in [0.05, 0.1) is 6.20 Å².